The van der Waals surface area contributed by atoms with Gasteiger partial charge in [-0.25, -0.2) is 0 Å². The number of amides is 1. The molecule has 1 amide bonds. The summed E-state index contributed by atoms with van der Waals surface area (Å²) in [7, 11) is 0. The second kappa shape index (κ2) is 6.71. The van der Waals surface area contributed by atoms with Gasteiger partial charge in [-0.3, -0.25) is 4.79 Å². The lowest BCUT2D eigenvalue weighted by molar-refractivity contribution is -0.155. The summed E-state index contributed by atoms with van der Waals surface area (Å²) in [6, 6.07) is 8.10. The number of hydrogen-bond donors (Lipinski definition) is 0. The highest BCUT2D eigenvalue weighted by atomic mass is 79.9. The van der Waals surface area contributed by atoms with Crippen molar-refractivity contribution in [2.24, 2.45) is 5.92 Å². The maximum absolute atomic E-state index is 13.2. The molecule has 2 unspecified atom stereocenters. The summed E-state index contributed by atoms with van der Waals surface area (Å²) < 4.78 is 6.77. The van der Waals surface area contributed by atoms with Crippen LogP contribution in [0.15, 0.2) is 28.7 Å². The summed E-state index contributed by atoms with van der Waals surface area (Å²) in [4.78, 5) is 15.3. The van der Waals surface area contributed by atoms with E-state index in [9.17, 15) is 4.79 Å². The second-order valence-electron chi connectivity index (χ2n) is 7.16. The van der Waals surface area contributed by atoms with Crippen molar-refractivity contribution in [3.05, 3.63) is 34.3 Å². The zero-order chi connectivity index (χ0) is 16.5. The first kappa shape index (κ1) is 17.5. The van der Waals surface area contributed by atoms with Gasteiger partial charge in [0.05, 0.1) is 24.2 Å². The third kappa shape index (κ3) is 3.72. The Labute approximate surface area is 142 Å². The predicted octanol–water partition coefficient (Wildman–Crippen LogP) is 4.21. The minimum absolute atomic E-state index is 0.0923. The smallest absolute Gasteiger partial charge is 0.230 e. The maximum atomic E-state index is 13.2. The van der Waals surface area contributed by atoms with E-state index in [2.05, 4.69) is 43.6 Å². The number of hydrogen-bond acceptors (Lipinski definition) is 2. The lowest BCUT2D eigenvalue weighted by Gasteiger charge is -2.46. The van der Waals surface area contributed by atoms with Crippen LogP contribution in [0.1, 0.15) is 46.1 Å². The van der Waals surface area contributed by atoms with Gasteiger partial charge in [-0.2, -0.15) is 0 Å². The largest absolute Gasteiger partial charge is 0.374 e. The van der Waals surface area contributed by atoms with Crippen molar-refractivity contribution >= 4 is 21.8 Å². The molecule has 1 aliphatic heterocycles. The Morgan fingerprint density at radius 1 is 1.32 bits per heavy atom. The van der Waals surface area contributed by atoms with E-state index in [4.69, 9.17) is 4.74 Å². The molecule has 3 nitrogen and oxygen atoms in total. The highest BCUT2D eigenvalue weighted by Crippen LogP contribution is 2.32. The van der Waals surface area contributed by atoms with Crippen molar-refractivity contribution in [2.75, 3.05) is 13.2 Å². The maximum Gasteiger partial charge on any atom is 0.230 e. The van der Waals surface area contributed by atoms with Gasteiger partial charge in [0.15, 0.2) is 0 Å². The SMILES string of the molecule is CC1CN(C(=O)C(c2ccc(Br)cc2)C(C)C)C(C)(C)CO1. The van der Waals surface area contributed by atoms with E-state index >= 15 is 0 Å². The Balaban J connectivity index is 2.31. The number of rotatable bonds is 3. The molecule has 0 aromatic heterocycles. The molecule has 1 aromatic carbocycles. The quantitative estimate of drug-likeness (QED) is 0.800. The molecule has 4 heteroatoms. The number of benzene rings is 1. The number of morpholine rings is 1. The molecular weight excluding hydrogens is 342 g/mol. The summed E-state index contributed by atoms with van der Waals surface area (Å²) in [5.74, 6) is 0.345. The lowest BCUT2D eigenvalue weighted by atomic mass is 9.85. The summed E-state index contributed by atoms with van der Waals surface area (Å²) in [6.07, 6.45) is 0.0923. The third-order valence-corrected chi connectivity index (χ3v) is 4.85. The number of halogens is 1. The van der Waals surface area contributed by atoms with Crippen molar-refractivity contribution in [1.29, 1.82) is 0 Å². The van der Waals surface area contributed by atoms with Crippen LogP contribution >= 0.6 is 15.9 Å². The van der Waals surface area contributed by atoms with Crippen LogP contribution in [-0.4, -0.2) is 35.6 Å². The molecule has 1 saturated heterocycles. The van der Waals surface area contributed by atoms with E-state index in [-0.39, 0.29) is 29.4 Å². The predicted molar refractivity (Wildman–Crippen MR) is 92.9 cm³/mol. The molecule has 122 valence electrons. The molecule has 1 fully saturated rings. The topological polar surface area (TPSA) is 29.5 Å². The van der Waals surface area contributed by atoms with E-state index in [1.54, 1.807) is 0 Å². The monoisotopic (exact) mass is 367 g/mol. The van der Waals surface area contributed by atoms with E-state index in [0.29, 0.717) is 13.2 Å². The van der Waals surface area contributed by atoms with Gasteiger partial charge in [-0.1, -0.05) is 41.9 Å². The Morgan fingerprint density at radius 2 is 1.91 bits per heavy atom. The van der Waals surface area contributed by atoms with E-state index in [1.807, 2.05) is 36.1 Å². The van der Waals surface area contributed by atoms with Gasteiger partial charge >= 0.3 is 0 Å². The average molecular weight is 368 g/mol. The molecule has 0 radical (unpaired) electrons. The first-order chi connectivity index (χ1) is 10.2. The fourth-order valence-electron chi connectivity index (χ4n) is 3.02. The zero-order valence-corrected chi connectivity index (χ0v) is 15.7. The number of carbonyl (C=O) groups is 1. The van der Waals surface area contributed by atoms with Crippen LogP contribution in [0, 0.1) is 5.92 Å². The zero-order valence-electron chi connectivity index (χ0n) is 14.1. The van der Waals surface area contributed by atoms with Crippen molar-refractivity contribution in [3.8, 4) is 0 Å². The summed E-state index contributed by atoms with van der Waals surface area (Å²) in [5, 5.41) is 0. The van der Waals surface area contributed by atoms with E-state index in [1.165, 1.54) is 0 Å². The summed E-state index contributed by atoms with van der Waals surface area (Å²) in [6.45, 7) is 11.7. The van der Waals surface area contributed by atoms with Crippen LogP contribution in [0.25, 0.3) is 0 Å². The van der Waals surface area contributed by atoms with Crippen LogP contribution in [0.4, 0.5) is 0 Å². The third-order valence-electron chi connectivity index (χ3n) is 4.32. The van der Waals surface area contributed by atoms with Gasteiger partial charge in [0.1, 0.15) is 0 Å². The lowest BCUT2D eigenvalue weighted by Crippen LogP contribution is -2.59. The van der Waals surface area contributed by atoms with Crippen molar-refractivity contribution in [1.82, 2.24) is 4.90 Å². The summed E-state index contributed by atoms with van der Waals surface area (Å²) in [5.41, 5.74) is 0.824. The van der Waals surface area contributed by atoms with Crippen LogP contribution < -0.4 is 0 Å². The molecule has 1 aromatic rings. The van der Waals surface area contributed by atoms with Crippen LogP contribution in [-0.2, 0) is 9.53 Å². The second-order valence-corrected chi connectivity index (χ2v) is 8.07. The molecule has 1 heterocycles. The Kier molecular flexibility index (Phi) is 5.33. The number of nitrogens with zero attached hydrogens (tertiary/aromatic N) is 1. The van der Waals surface area contributed by atoms with Gasteiger partial charge in [0.25, 0.3) is 0 Å². The van der Waals surface area contributed by atoms with E-state index < -0.39 is 0 Å². The number of ether oxygens (including phenoxy) is 1. The molecule has 0 N–H and O–H groups in total. The minimum atomic E-state index is -0.258. The molecule has 1 aliphatic rings. The van der Waals surface area contributed by atoms with Gasteiger partial charge in [-0.15, -0.1) is 0 Å². The fraction of sp³-hybridized carbons (Fsp3) is 0.611. The first-order valence-corrected chi connectivity index (χ1v) is 8.70. The van der Waals surface area contributed by atoms with Gasteiger partial charge in [0, 0.05) is 11.0 Å². The molecule has 0 bridgehead atoms. The Bertz CT molecular complexity index is 524. The first-order valence-electron chi connectivity index (χ1n) is 7.91. The van der Waals surface area contributed by atoms with Gasteiger partial charge in [0.2, 0.25) is 5.91 Å². The van der Waals surface area contributed by atoms with Crippen LogP contribution in [0.3, 0.4) is 0 Å². The molecule has 2 atom stereocenters. The summed E-state index contributed by atoms with van der Waals surface area (Å²) >= 11 is 3.46. The van der Waals surface area contributed by atoms with Crippen molar-refractivity contribution < 1.29 is 9.53 Å². The fourth-order valence-corrected chi connectivity index (χ4v) is 3.28. The Hall–Kier alpha value is -0.870. The minimum Gasteiger partial charge on any atom is -0.374 e. The Morgan fingerprint density at radius 3 is 2.45 bits per heavy atom. The van der Waals surface area contributed by atoms with Crippen LogP contribution in [0.5, 0.6) is 0 Å². The number of carbonyl (C=O) groups excluding carboxylic acids is 1. The van der Waals surface area contributed by atoms with E-state index in [0.717, 1.165) is 10.0 Å². The average Bonchev–Trinajstić information content (AvgIpc) is 2.43. The molecular formula is C18H26BrNO2. The normalized spacial score (nSPS) is 22.7. The molecule has 22 heavy (non-hydrogen) atoms. The van der Waals surface area contributed by atoms with Crippen molar-refractivity contribution in [2.45, 2.75) is 52.2 Å². The highest BCUT2D eigenvalue weighted by molar-refractivity contribution is 9.10. The molecule has 2 rings (SSSR count). The molecule has 0 saturated carbocycles. The van der Waals surface area contributed by atoms with Gasteiger partial charge in [-0.05, 0) is 44.4 Å². The molecule has 0 aliphatic carbocycles. The van der Waals surface area contributed by atoms with Crippen molar-refractivity contribution in [3.63, 3.8) is 0 Å². The van der Waals surface area contributed by atoms with Gasteiger partial charge < -0.3 is 9.64 Å². The molecule has 0 spiro atoms. The standard InChI is InChI=1S/C18H26BrNO2/c1-12(2)16(14-6-8-15(19)9-7-14)17(21)20-10-13(3)22-11-18(20,4)5/h6-9,12-13,16H,10-11H2,1-5H3. The highest BCUT2D eigenvalue weighted by Gasteiger charge is 2.40. The van der Waals surface area contributed by atoms with Crippen LogP contribution in [0.2, 0.25) is 0 Å².